The molecule has 0 saturated carbocycles. The maximum atomic E-state index is 12.6. The minimum absolute atomic E-state index is 0.0152. The Morgan fingerprint density at radius 2 is 1.93 bits per heavy atom. The number of benzene rings is 1. The van der Waals surface area contributed by atoms with Crippen LogP contribution in [-0.4, -0.2) is 39.9 Å². The highest BCUT2D eigenvalue weighted by Crippen LogP contribution is 2.36. The number of anilines is 1. The quantitative estimate of drug-likeness (QED) is 0.586. The number of piperidine rings is 1. The average Bonchev–Trinajstić information content (AvgIpc) is 2.65. The largest absolute Gasteiger partial charge is 0.322 e. The first-order chi connectivity index (χ1) is 13.8. The molecule has 1 aromatic heterocycles. The maximum Gasteiger partial charge on any atom is 0.272 e. The highest BCUT2D eigenvalue weighted by molar-refractivity contribution is 6.40. The zero-order valence-electron chi connectivity index (χ0n) is 15.3. The van der Waals surface area contributed by atoms with Gasteiger partial charge in [0, 0.05) is 49.4 Å². The Kier molecular flexibility index (Phi) is 5.33. The second kappa shape index (κ2) is 7.78. The molecular weight excluding hydrogens is 419 g/mol. The zero-order valence-corrected chi connectivity index (χ0v) is 16.8. The molecule has 2 atom stereocenters. The first-order valence-corrected chi connectivity index (χ1v) is 9.93. The van der Waals surface area contributed by atoms with Crippen molar-refractivity contribution in [3.8, 4) is 0 Å². The second-order valence-electron chi connectivity index (χ2n) is 7.48. The number of halogens is 2. The molecule has 1 N–H and O–H groups in total. The van der Waals surface area contributed by atoms with E-state index in [1.807, 2.05) is 10.6 Å². The Balaban J connectivity index is 1.45. The molecular formula is C19H18Cl2N4O4. The van der Waals surface area contributed by atoms with Gasteiger partial charge in [0.25, 0.3) is 11.2 Å². The molecule has 1 fully saturated rings. The van der Waals surface area contributed by atoms with Gasteiger partial charge in [-0.2, -0.15) is 0 Å². The number of hydrogen-bond donors (Lipinski definition) is 1. The molecule has 29 heavy (non-hydrogen) atoms. The van der Waals surface area contributed by atoms with Gasteiger partial charge < -0.3 is 9.88 Å². The number of hydrogen-bond acceptors (Lipinski definition) is 5. The summed E-state index contributed by atoms with van der Waals surface area (Å²) in [6, 6.07) is 7.64. The van der Waals surface area contributed by atoms with E-state index in [4.69, 9.17) is 23.2 Å². The third-order valence-corrected chi connectivity index (χ3v) is 6.02. The number of nitrogens with zero attached hydrogens (tertiary/aromatic N) is 3. The van der Waals surface area contributed by atoms with E-state index in [2.05, 4.69) is 10.2 Å². The molecule has 1 amide bonds. The monoisotopic (exact) mass is 436 g/mol. The number of nitro benzene ring substituents is 1. The van der Waals surface area contributed by atoms with Crippen LogP contribution in [-0.2, 0) is 11.3 Å². The van der Waals surface area contributed by atoms with Crippen molar-refractivity contribution in [2.24, 2.45) is 5.92 Å². The lowest BCUT2D eigenvalue weighted by Crippen LogP contribution is -2.49. The summed E-state index contributed by atoms with van der Waals surface area (Å²) in [7, 11) is 0. The minimum atomic E-state index is -0.598. The van der Waals surface area contributed by atoms with E-state index >= 15 is 0 Å². The number of non-ortho nitro benzene ring substituents is 1. The number of pyridine rings is 1. The van der Waals surface area contributed by atoms with E-state index < -0.39 is 4.92 Å². The lowest BCUT2D eigenvalue weighted by Gasteiger charge is -2.42. The third-order valence-electron chi connectivity index (χ3n) is 5.42. The molecule has 2 bridgehead atoms. The summed E-state index contributed by atoms with van der Waals surface area (Å²) in [5.74, 6) is 0.213. The molecule has 1 saturated heterocycles. The number of carbonyl (C=O) groups is 1. The van der Waals surface area contributed by atoms with Crippen molar-refractivity contribution in [3.63, 3.8) is 0 Å². The Morgan fingerprint density at radius 1 is 1.21 bits per heavy atom. The predicted octanol–water partition coefficient (Wildman–Crippen LogP) is 3.12. The first kappa shape index (κ1) is 19.9. The van der Waals surface area contributed by atoms with E-state index in [1.54, 1.807) is 12.1 Å². The molecule has 0 aliphatic carbocycles. The number of nitrogens with one attached hydrogen (secondary N) is 1. The summed E-state index contributed by atoms with van der Waals surface area (Å²) in [6.45, 7) is 2.19. The van der Waals surface area contributed by atoms with Gasteiger partial charge in [0.05, 0.1) is 27.2 Å². The van der Waals surface area contributed by atoms with E-state index in [1.165, 1.54) is 0 Å². The van der Waals surface area contributed by atoms with Gasteiger partial charge in [-0.25, -0.2) is 0 Å². The fourth-order valence-electron chi connectivity index (χ4n) is 4.29. The molecule has 0 spiro atoms. The fraction of sp³-hybridized carbons (Fsp3) is 0.368. The van der Waals surface area contributed by atoms with Crippen LogP contribution < -0.4 is 10.9 Å². The van der Waals surface area contributed by atoms with Crippen LogP contribution in [0.3, 0.4) is 0 Å². The predicted molar refractivity (Wildman–Crippen MR) is 110 cm³/mol. The second-order valence-corrected chi connectivity index (χ2v) is 8.30. The normalized spacial score (nSPS) is 20.8. The zero-order chi connectivity index (χ0) is 20.7. The topological polar surface area (TPSA) is 97.5 Å². The molecule has 8 nitrogen and oxygen atoms in total. The maximum absolute atomic E-state index is 12.6. The SMILES string of the molecule is O=C(CN1CC2CC(C1)c1cccc(=O)n1C2)Nc1c(Cl)cc([N+](=O)[O-])cc1Cl. The van der Waals surface area contributed by atoms with Crippen LogP contribution in [0, 0.1) is 16.0 Å². The molecule has 152 valence electrons. The summed E-state index contributed by atoms with van der Waals surface area (Å²) in [4.78, 5) is 37.0. The van der Waals surface area contributed by atoms with Crippen LogP contribution in [0.1, 0.15) is 18.0 Å². The lowest BCUT2D eigenvalue weighted by molar-refractivity contribution is -0.384. The average molecular weight is 437 g/mol. The Hall–Kier alpha value is -2.42. The highest BCUT2D eigenvalue weighted by atomic mass is 35.5. The summed E-state index contributed by atoms with van der Waals surface area (Å²) < 4.78 is 1.84. The van der Waals surface area contributed by atoms with Gasteiger partial charge in [-0.15, -0.1) is 0 Å². The van der Waals surface area contributed by atoms with Crippen molar-refractivity contribution >= 4 is 40.5 Å². The molecule has 2 aliphatic heterocycles. The van der Waals surface area contributed by atoms with E-state index in [0.717, 1.165) is 24.2 Å². The van der Waals surface area contributed by atoms with Crippen molar-refractivity contribution in [1.29, 1.82) is 0 Å². The van der Waals surface area contributed by atoms with Gasteiger partial charge in [-0.05, 0) is 18.4 Å². The lowest BCUT2D eigenvalue weighted by atomic mass is 9.83. The number of rotatable bonds is 4. The molecule has 2 unspecified atom stereocenters. The van der Waals surface area contributed by atoms with Gasteiger partial charge in [-0.3, -0.25) is 24.6 Å². The highest BCUT2D eigenvalue weighted by Gasteiger charge is 2.35. The van der Waals surface area contributed by atoms with Crippen LogP contribution >= 0.6 is 23.2 Å². The molecule has 2 aromatic rings. The number of nitro groups is 1. The number of amides is 1. The van der Waals surface area contributed by atoms with Crippen molar-refractivity contribution in [1.82, 2.24) is 9.47 Å². The van der Waals surface area contributed by atoms with Crippen molar-refractivity contribution in [3.05, 3.63) is 66.5 Å². The Bertz CT molecular complexity index is 1030. The number of carbonyl (C=O) groups excluding carboxylic acids is 1. The molecule has 10 heteroatoms. The van der Waals surface area contributed by atoms with E-state index in [-0.39, 0.29) is 45.3 Å². The van der Waals surface area contributed by atoms with Gasteiger partial charge in [0.2, 0.25) is 5.91 Å². The van der Waals surface area contributed by atoms with E-state index in [9.17, 15) is 19.7 Å². The number of fused-ring (bicyclic) bond motifs is 4. The van der Waals surface area contributed by atoms with Crippen LogP contribution in [0.4, 0.5) is 11.4 Å². The molecule has 2 aliphatic rings. The summed E-state index contributed by atoms with van der Waals surface area (Å²) >= 11 is 12.1. The first-order valence-electron chi connectivity index (χ1n) is 9.17. The molecule has 0 radical (unpaired) electrons. The fourth-order valence-corrected chi connectivity index (χ4v) is 4.86. The number of aromatic nitrogens is 1. The van der Waals surface area contributed by atoms with Gasteiger partial charge >= 0.3 is 0 Å². The standard InChI is InChI=1S/C19H18Cl2N4O4/c20-14-5-13(25(28)29)6-15(21)19(14)22-17(26)10-23-7-11-4-12(9-23)16-2-1-3-18(27)24(16)8-11/h1-3,5-6,11-12H,4,7-10H2,(H,22,26). The van der Waals surface area contributed by atoms with Crippen LogP contribution in [0.25, 0.3) is 0 Å². The van der Waals surface area contributed by atoms with Crippen molar-refractivity contribution < 1.29 is 9.72 Å². The summed E-state index contributed by atoms with van der Waals surface area (Å²) in [6.07, 6.45) is 1.00. The summed E-state index contributed by atoms with van der Waals surface area (Å²) in [5.41, 5.74) is 0.958. The van der Waals surface area contributed by atoms with Crippen molar-refractivity contribution in [2.75, 3.05) is 25.0 Å². The smallest absolute Gasteiger partial charge is 0.272 e. The van der Waals surface area contributed by atoms with Crippen LogP contribution in [0.5, 0.6) is 0 Å². The molecule has 1 aromatic carbocycles. The third kappa shape index (κ3) is 4.01. The minimum Gasteiger partial charge on any atom is -0.322 e. The van der Waals surface area contributed by atoms with Crippen molar-refractivity contribution in [2.45, 2.75) is 18.9 Å². The van der Waals surface area contributed by atoms with Gasteiger partial charge in [0.15, 0.2) is 0 Å². The van der Waals surface area contributed by atoms with Crippen LogP contribution in [0.2, 0.25) is 10.0 Å². The molecule has 3 heterocycles. The Labute approximate surface area is 176 Å². The van der Waals surface area contributed by atoms with E-state index in [0.29, 0.717) is 25.6 Å². The number of likely N-dealkylation sites (tertiary alicyclic amines) is 1. The summed E-state index contributed by atoms with van der Waals surface area (Å²) in [5, 5.41) is 13.6. The molecule has 4 rings (SSSR count). The van der Waals surface area contributed by atoms with Crippen LogP contribution in [0.15, 0.2) is 35.1 Å². The van der Waals surface area contributed by atoms with Gasteiger partial charge in [-0.1, -0.05) is 29.3 Å². The Morgan fingerprint density at radius 3 is 2.62 bits per heavy atom. The van der Waals surface area contributed by atoms with Gasteiger partial charge in [0.1, 0.15) is 0 Å².